The molecule has 0 N–H and O–H groups in total. The summed E-state index contributed by atoms with van der Waals surface area (Å²) >= 11 is 0. The molecule has 384 valence electrons. The summed E-state index contributed by atoms with van der Waals surface area (Å²) in [5, 5.41) is 2.79. The number of nitrogens with zero attached hydrogens (tertiary/aromatic N) is 2. The molecule has 0 saturated heterocycles. The first-order chi connectivity index (χ1) is 38.4. The molecule has 0 radical (unpaired) electrons. The van der Waals surface area contributed by atoms with Crippen LogP contribution in [-0.4, -0.2) is 0 Å². The second-order valence-corrected chi connectivity index (χ2v) is 26.5. The van der Waals surface area contributed by atoms with Crippen LogP contribution < -0.4 is 9.80 Å². The van der Waals surface area contributed by atoms with Crippen molar-refractivity contribution in [1.29, 1.82) is 0 Å². The number of anilines is 6. The maximum atomic E-state index is 2.62. The third-order valence-corrected chi connectivity index (χ3v) is 21.5. The van der Waals surface area contributed by atoms with Crippen LogP contribution in [0.15, 0.2) is 206 Å². The van der Waals surface area contributed by atoms with Gasteiger partial charge in [0, 0.05) is 55.8 Å². The fourth-order valence-electron chi connectivity index (χ4n) is 18.4. The zero-order chi connectivity index (χ0) is 52.9. The minimum Gasteiger partial charge on any atom is -0.310 e. The molecule has 2 heteroatoms. The lowest BCUT2D eigenvalue weighted by Gasteiger charge is -2.61. The summed E-state index contributed by atoms with van der Waals surface area (Å²) < 4.78 is 0. The van der Waals surface area contributed by atoms with Gasteiger partial charge in [-0.05, 0) is 228 Å². The lowest BCUT2D eigenvalue weighted by molar-refractivity contribution is -0.0398. The van der Waals surface area contributed by atoms with E-state index in [-0.39, 0.29) is 21.7 Å². The van der Waals surface area contributed by atoms with Gasteiger partial charge in [-0.2, -0.15) is 0 Å². The highest BCUT2D eigenvalue weighted by atomic mass is 15.1. The van der Waals surface area contributed by atoms with Crippen molar-refractivity contribution >= 4 is 44.9 Å². The summed E-state index contributed by atoms with van der Waals surface area (Å²) in [6, 6.07) is 79.8. The van der Waals surface area contributed by atoms with Gasteiger partial charge in [-0.15, -0.1) is 0 Å². The molecule has 79 heavy (non-hydrogen) atoms. The van der Waals surface area contributed by atoms with E-state index in [9.17, 15) is 0 Å². The van der Waals surface area contributed by atoms with Crippen molar-refractivity contribution in [3.8, 4) is 44.5 Å². The molecule has 10 aromatic rings. The van der Waals surface area contributed by atoms with Gasteiger partial charge in [-0.3, -0.25) is 0 Å². The van der Waals surface area contributed by atoms with Gasteiger partial charge in [-0.25, -0.2) is 0 Å². The Labute approximate surface area is 466 Å². The van der Waals surface area contributed by atoms with Crippen molar-refractivity contribution in [3.63, 3.8) is 0 Å². The van der Waals surface area contributed by atoms with E-state index in [1.165, 1.54) is 149 Å². The summed E-state index contributed by atoms with van der Waals surface area (Å²) in [6.45, 7) is 14.7. The molecule has 2 nitrogen and oxygen atoms in total. The highest BCUT2D eigenvalue weighted by Gasteiger charge is 2.64. The molecule has 4 bridgehead atoms. The van der Waals surface area contributed by atoms with Gasteiger partial charge in [0.1, 0.15) is 0 Å². The Morgan fingerprint density at radius 1 is 0.291 bits per heavy atom. The molecule has 0 unspecified atom stereocenters. The van der Waals surface area contributed by atoms with Crippen molar-refractivity contribution < 1.29 is 0 Å². The van der Waals surface area contributed by atoms with Gasteiger partial charge >= 0.3 is 0 Å². The number of para-hydroxylation sites is 2. The van der Waals surface area contributed by atoms with Crippen LogP contribution in [-0.2, 0) is 21.7 Å². The zero-order valence-electron chi connectivity index (χ0n) is 46.4. The number of hydrogen-bond acceptors (Lipinski definition) is 2. The van der Waals surface area contributed by atoms with Crippen LogP contribution in [0.25, 0.3) is 55.3 Å². The van der Waals surface area contributed by atoms with Gasteiger partial charge in [0.15, 0.2) is 0 Å². The second kappa shape index (κ2) is 15.9. The molecule has 0 aliphatic heterocycles. The number of benzene rings is 10. The summed E-state index contributed by atoms with van der Waals surface area (Å²) in [5.41, 5.74) is 29.8. The normalized spacial score (nSPS) is 22.7. The molecular weight excluding hydrogens is 953 g/mol. The first kappa shape index (κ1) is 46.0. The van der Waals surface area contributed by atoms with Gasteiger partial charge in [0.2, 0.25) is 0 Å². The molecule has 0 atom stereocenters. The van der Waals surface area contributed by atoms with Crippen LogP contribution in [0.5, 0.6) is 0 Å². The molecule has 8 aliphatic rings. The summed E-state index contributed by atoms with van der Waals surface area (Å²) in [6.07, 6.45) is 6.77. The predicted molar refractivity (Wildman–Crippen MR) is 329 cm³/mol. The Morgan fingerprint density at radius 3 is 1.18 bits per heavy atom. The summed E-state index contributed by atoms with van der Waals surface area (Å²) in [7, 11) is 0. The molecule has 0 heterocycles. The highest BCUT2D eigenvalue weighted by molar-refractivity contribution is 6.03. The van der Waals surface area contributed by atoms with Gasteiger partial charge < -0.3 is 9.80 Å². The van der Waals surface area contributed by atoms with E-state index in [1.54, 1.807) is 16.7 Å². The second-order valence-electron chi connectivity index (χ2n) is 26.5. The molecule has 1 spiro atoms. The maximum absolute atomic E-state index is 2.62. The maximum Gasteiger partial charge on any atom is 0.0468 e. The monoisotopic (exact) mass is 1020 g/mol. The summed E-state index contributed by atoms with van der Waals surface area (Å²) in [5.74, 6) is 2.88. The predicted octanol–water partition coefficient (Wildman–Crippen LogP) is 20.4. The van der Waals surface area contributed by atoms with E-state index in [4.69, 9.17) is 0 Å². The molecule has 18 rings (SSSR count). The first-order valence-corrected chi connectivity index (χ1v) is 29.5. The SMILES string of the molecule is CC1(C)c2ccccc2-c2ccc(N(c3ccccc3)c3ccc4c(c3)C(C)(C)c3c-4ccc4c3C3(c5c-4ccc4ccc(N(c6ccccc6)c6ccc7c(c6)C(C)(C)c6ccccc6-7)cc54)C4CC5CC(C4)CC3C5)cc21. The van der Waals surface area contributed by atoms with E-state index in [1.807, 2.05) is 0 Å². The molecule has 8 aliphatic carbocycles. The topological polar surface area (TPSA) is 6.48 Å². The lowest BCUT2D eigenvalue weighted by atomic mass is 9.42. The molecule has 4 fully saturated rings. The van der Waals surface area contributed by atoms with Crippen LogP contribution in [0.1, 0.15) is 118 Å². The molecule has 0 aromatic heterocycles. The largest absolute Gasteiger partial charge is 0.310 e. The van der Waals surface area contributed by atoms with Crippen LogP contribution >= 0.6 is 0 Å². The van der Waals surface area contributed by atoms with Crippen LogP contribution in [0.3, 0.4) is 0 Å². The quantitative estimate of drug-likeness (QED) is 0.164. The van der Waals surface area contributed by atoms with Crippen LogP contribution in [0.4, 0.5) is 34.1 Å². The average Bonchev–Trinajstić information content (AvgIpc) is 3.89. The van der Waals surface area contributed by atoms with Crippen molar-refractivity contribution in [1.82, 2.24) is 0 Å². The Kier molecular flexibility index (Phi) is 9.25. The number of hydrogen-bond donors (Lipinski definition) is 0. The smallest absolute Gasteiger partial charge is 0.0468 e. The molecule has 0 amide bonds. The summed E-state index contributed by atoms with van der Waals surface area (Å²) in [4.78, 5) is 5.06. The highest BCUT2D eigenvalue weighted by Crippen LogP contribution is 2.73. The molecule has 10 aromatic carbocycles. The van der Waals surface area contributed by atoms with E-state index in [0.29, 0.717) is 11.8 Å². The van der Waals surface area contributed by atoms with Crippen molar-refractivity contribution in [2.24, 2.45) is 23.7 Å². The van der Waals surface area contributed by atoms with E-state index in [0.717, 1.165) is 11.8 Å². The fraction of sp³-hybridized carbons (Fsp3) is 0.247. The van der Waals surface area contributed by atoms with Crippen molar-refractivity contribution in [2.45, 2.75) is 95.3 Å². The number of rotatable bonds is 6. The van der Waals surface area contributed by atoms with Gasteiger partial charge in [0.25, 0.3) is 0 Å². The number of fused-ring (bicyclic) bond motifs is 15. The van der Waals surface area contributed by atoms with E-state index >= 15 is 0 Å². The molecule has 4 saturated carbocycles. The zero-order valence-corrected chi connectivity index (χ0v) is 46.4. The standard InChI is InChI=1S/C77H66N2/c1-74(2)66-23-15-13-21-57(66)59-32-28-54(43-68(59)74)78(51-17-9-7-10-18-51)53-27-25-48-26-31-63-64-36-35-62-61-34-30-56(79(52-19-11-8-12-20-52)55-29-33-60-58-22-14-16-24-67(58)75(3,4)69(60)44-55)45-70(61)76(5,6)72(62)73(64)77(71(63)65(48)42-53)49-38-46-37-47(40-49)41-50(77)39-46/h7-36,42-47,49-50H,37-41H2,1-6H3. The average molecular weight is 1020 g/mol. The minimum atomic E-state index is -0.244. The molecular formula is C77H66N2. The van der Waals surface area contributed by atoms with E-state index in [2.05, 4.69) is 258 Å². The van der Waals surface area contributed by atoms with Crippen molar-refractivity contribution in [3.05, 3.63) is 251 Å². The first-order valence-electron chi connectivity index (χ1n) is 29.5. The lowest BCUT2D eigenvalue weighted by Crippen LogP contribution is -2.56. The van der Waals surface area contributed by atoms with Crippen molar-refractivity contribution in [2.75, 3.05) is 9.80 Å². The Bertz CT molecular complexity index is 4220. The third kappa shape index (κ3) is 6.03. The van der Waals surface area contributed by atoms with Gasteiger partial charge in [0.05, 0.1) is 0 Å². The fourth-order valence-corrected chi connectivity index (χ4v) is 18.4. The Morgan fingerprint density at radius 2 is 0.658 bits per heavy atom. The van der Waals surface area contributed by atoms with E-state index < -0.39 is 0 Å². The minimum absolute atomic E-state index is 0.0739. The van der Waals surface area contributed by atoms with Gasteiger partial charge in [-0.1, -0.05) is 175 Å². The Balaban J connectivity index is 0.838. The third-order valence-electron chi connectivity index (χ3n) is 21.5. The van der Waals surface area contributed by atoms with Crippen LogP contribution in [0.2, 0.25) is 0 Å². The Hall–Kier alpha value is -7.94. The van der Waals surface area contributed by atoms with Crippen LogP contribution in [0, 0.1) is 23.7 Å².